The number of aromatic nitrogens is 2. The van der Waals surface area contributed by atoms with Crippen molar-refractivity contribution in [3.63, 3.8) is 0 Å². The molecule has 1 aromatic heterocycles. The first-order chi connectivity index (χ1) is 10.1. The molecule has 0 radical (unpaired) electrons. The molecule has 1 aliphatic rings. The SMILES string of the molecule is Cn1cc(C2O[C@H](COP(=O)(O)O)[C@@H](O)[C@H]2O)c(=O)[nH]c1=O. The summed E-state index contributed by atoms with van der Waals surface area (Å²) in [4.78, 5) is 42.3. The van der Waals surface area contributed by atoms with Crippen molar-refractivity contribution in [2.75, 3.05) is 6.61 Å². The van der Waals surface area contributed by atoms with Gasteiger partial charge in [-0.25, -0.2) is 9.36 Å². The van der Waals surface area contributed by atoms with Gasteiger partial charge in [0.2, 0.25) is 0 Å². The predicted octanol–water partition coefficient (Wildman–Crippen LogP) is -2.66. The molecule has 0 amide bonds. The molecular weight excluding hydrogens is 323 g/mol. The van der Waals surface area contributed by atoms with Crippen LogP contribution >= 0.6 is 7.82 Å². The first-order valence-electron chi connectivity index (χ1n) is 6.11. The van der Waals surface area contributed by atoms with Crippen LogP contribution in [0.1, 0.15) is 11.7 Å². The lowest BCUT2D eigenvalue weighted by Gasteiger charge is -2.14. The largest absolute Gasteiger partial charge is 0.469 e. The summed E-state index contributed by atoms with van der Waals surface area (Å²) in [5.74, 6) is 0. The third kappa shape index (κ3) is 3.52. The summed E-state index contributed by atoms with van der Waals surface area (Å²) in [7, 11) is -3.40. The standard InChI is InChI=1S/C10H15N2O9P/c1-12-2-4(9(15)11-10(12)16)8-7(14)6(13)5(21-8)3-20-22(17,18)19/h2,5-8,13-14H,3H2,1H3,(H,11,15,16)(H2,17,18,19)/t5-,6-,7-,8?/m1/s1. The van der Waals surface area contributed by atoms with Gasteiger partial charge in [-0.15, -0.1) is 0 Å². The van der Waals surface area contributed by atoms with E-state index in [0.717, 1.165) is 10.8 Å². The number of hydrogen-bond donors (Lipinski definition) is 5. The summed E-state index contributed by atoms with van der Waals surface area (Å²) < 4.78 is 21.2. The number of aliphatic hydroxyl groups is 2. The lowest BCUT2D eigenvalue weighted by Crippen LogP contribution is -2.35. The zero-order chi connectivity index (χ0) is 16.7. The number of H-pyrrole nitrogens is 1. The van der Waals surface area contributed by atoms with Gasteiger partial charge < -0.3 is 29.3 Å². The molecule has 11 nitrogen and oxygen atoms in total. The molecule has 1 fully saturated rings. The van der Waals surface area contributed by atoms with E-state index in [1.54, 1.807) is 0 Å². The molecule has 0 bridgehead atoms. The predicted molar refractivity (Wildman–Crippen MR) is 69.9 cm³/mol. The Morgan fingerprint density at radius 2 is 2.00 bits per heavy atom. The van der Waals surface area contributed by atoms with E-state index in [2.05, 4.69) is 4.52 Å². The Hall–Kier alpha value is -1.33. The molecule has 0 aliphatic carbocycles. The second-order valence-corrected chi connectivity index (χ2v) is 6.06. The maximum atomic E-state index is 11.8. The number of phosphoric acid groups is 1. The van der Waals surface area contributed by atoms with Crippen LogP contribution in [0.5, 0.6) is 0 Å². The van der Waals surface area contributed by atoms with Crippen molar-refractivity contribution in [2.45, 2.75) is 24.4 Å². The molecule has 0 aromatic carbocycles. The number of hydrogen-bond acceptors (Lipinski definition) is 7. The molecule has 1 saturated heterocycles. The first kappa shape index (κ1) is 17.0. The van der Waals surface area contributed by atoms with Crippen molar-refractivity contribution in [3.05, 3.63) is 32.6 Å². The summed E-state index contributed by atoms with van der Waals surface area (Å²) in [6, 6.07) is 0. The minimum absolute atomic E-state index is 0.104. The third-order valence-corrected chi connectivity index (χ3v) is 3.70. The topological polar surface area (TPSA) is 171 Å². The highest BCUT2D eigenvalue weighted by Crippen LogP contribution is 2.38. The van der Waals surface area contributed by atoms with Crippen molar-refractivity contribution < 1.29 is 33.8 Å². The fraction of sp³-hybridized carbons (Fsp3) is 0.600. The Morgan fingerprint density at radius 3 is 2.59 bits per heavy atom. The third-order valence-electron chi connectivity index (χ3n) is 3.21. The van der Waals surface area contributed by atoms with E-state index in [0.29, 0.717) is 0 Å². The zero-order valence-corrected chi connectivity index (χ0v) is 12.2. The number of rotatable bonds is 4. The molecule has 2 heterocycles. The second-order valence-electron chi connectivity index (χ2n) is 4.82. The van der Waals surface area contributed by atoms with E-state index in [4.69, 9.17) is 14.5 Å². The van der Waals surface area contributed by atoms with Gasteiger partial charge in [-0.05, 0) is 0 Å². The van der Waals surface area contributed by atoms with E-state index in [1.165, 1.54) is 7.05 Å². The molecule has 1 unspecified atom stereocenters. The highest BCUT2D eigenvalue weighted by molar-refractivity contribution is 7.46. The zero-order valence-electron chi connectivity index (χ0n) is 11.3. The molecule has 2 rings (SSSR count). The number of aliphatic hydroxyl groups excluding tert-OH is 2. The fourth-order valence-electron chi connectivity index (χ4n) is 2.10. The summed E-state index contributed by atoms with van der Waals surface area (Å²) >= 11 is 0. The maximum absolute atomic E-state index is 11.8. The highest BCUT2D eigenvalue weighted by Gasteiger charge is 2.45. The van der Waals surface area contributed by atoms with Gasteiger partial charge >= 0.3 is 13.5 Å². The van der Waals surface area contributed by atoms with Gasteiger partial charge in [-0.3, -0.25) is 14.3 Å². The van der Waals surface area contributed by atoms with Crippen LogP contribution in [0.3, 0.4) is 0 Å². The van der Waals surface area contributed by atoms with Gasteiger partial charge in [0.25, 0.3) is 5.56 Å². The minimum atomic E-state index is -4.77. The van der Waals surface area contributed by atoms with Gasteiger partial charge in [0.05, 0.1) is 12.2 Å². The number of phosphoric ester groups is 1. The van der Waals surface area contributed by atoms with Crippen LogP contribution in [0.15, 0.2) is 15.8 Å². The van der Waals surface area contributed by atoms with Crippen LogP contribution in [-0.2, 0) is 20.9 Å². The Kier molecular flexibility index (Phi) is 4.68. The first-order valence-corrected chi connectivity index (χ1v) is 7.64. The number of aromatic amines is 1. The Bertz CT molecular complexity index is 707. The van der Waals surface area contributed by atoms with Gasteiger partial charge in [0, 0.05) is 13.2 Å². The summed E-state index contributed by atoms with van der Waals surface area (Å²) in [5.41, 5.74) is -1.56. The van der Waals surface area contributed by atoms with E-state index in [9.17, 15) is 24.4 Å². The highest BCUT2D eigenvalue weighted by atomic mass is 31.2. The maximum Gasteiger partial charge on any atom is 0.469 e. The number of nitrogens with zero attached hydrogens (tertiary/aromatic N) is 1. The number of ether oxygens (including phenoxy) is 1. The Balaban J connectivity index is 2.23. The fourth-order valence-corrected chi connectivity index (χ4v) is 2.44. The van der Waals surface area contributed by atoms with Crippen molar-refractivity contribution in [1.29, 1.82) is 0 Å². The molecule has 22 heavy (non-hydrogen) atoms. The normalized spacial score (nSPS) is 29.0. The number of nitrogens with one attached hydrogen (secondary N) is 1. The van der Waals surface area contributed by atoms with Crippen molar-refractivity contribution in [2.24, 2.45) is 7.05 Å². The van der Waals surface area contributed by atoms with Crippen molar-refractivity contribution >= 4 is 7.82 Å². The van der Waals surface area contributed by atoms with E-state index in [1.807, 2.05) is 4.98 Å². The summed E-state index contributed by atoms with van der Waals surface area (Å²) in [6.45, 7) is -0.678. The average molecular weight is 338 g/mol. The van der Waals surface area contributed by atoms with Crippen molar-refractivity contribution in [1.82, 2.24) is 9.55 Å². The van der Waals surface area contributed by atoms with Crippen LogP contribution in [0.2, 0.25) is 0 Å². The van der Waals surface area contributed by atoms with Crippen LogP contribution in [-0.4, -0.2) is 54.5 Å². The summed E-state index contributed by atoms with van der Waals surface area (Å²) in [5, 5.41) is 19.7. The number of aryl methyl sites for hydroxylation is 1. The van der Waals surface area contributed by atoms with E-state index < -0.39 is 50.1 Å². The molecule has 0 spiro atoms. The van der Waals surface area contributed by atoms with Gasteiger partial charge in [0.1, 0.15) is 24.4 Å². The molecule has 5 N–H and O–H groups in total. The quantitative estimate of drug-likeness (QED) is 0.367. The molecule has 0 saturated carbocycles. The van der Waals surface area contributed by atoms with Crippen molar-refractivity contribution in [3.8, 4) is 0 Å². The van der Waals surface area contributed by atoms with Gasteiger partial charge in [-0.2, -0.15) is 0 Å². The van der Waals surface area contributed by atoms with E-state index >= 15 is 0 Å². The molecule has 12 heteroatoms. The Morgan fingerprint density at radius 1 is 1.36 bits per heavy atom. The van der Waals surface area contributed by atoms with Crippen LogP contribution in [0, 0.1) is 0 Å². The molecule has 124 valence electrons. The average Bonchev–Trinajstić information content (AvgIpc) is 2.68. The Labute approximate surface area is 123 Å². The van der Waals surface area contributed by atoms with Crippen LogP contribution < -0.4 is 11.2 Å². The molecule has 4 atom stereocenters. The second kappa shape index (κ2) is 6.05. The lowest BCUT2D eigenvalue weighted by atomic mass is 10.0. The van der Waals surface area contributed by atoms with E-state index in [-0.39, 0.29) is 5.56 Å². The minimum Gasteiger partial charge on any atom is -0.387 e. The van der Waals surface area contributed by atoms with Crippen LogP contribution in [0.4, 0.5) is 0 Å². The van der Waals surface area contributed by atoms with Gasteiger partial charge in [0.15, 0.2) is 0 Å². The monoisotopic (exact) mass is 338 g/mol. The molecule has 1 aliphatic heterocycles. The van der Waals surface area contributed by atoms with Gasteiger partial charge in [-0.1, -0.05) is 0 Å². The smallest absolute Gasteiger partial charge is 0.387 e. The van der Waals surface area contributed by atoms with Crippen LogP contribution in [0.25, 0.3) is 0 Å². The molecule has 1 aromatic rings. The molecular formula is C10H15N2O9P. The summed E-state index contributed by atoms with van der Waals surface area (Å²) in [6.07, 6.45) is -4.41. The lowest BCUT2D eigenvalue weighted by molar-refractivity contribution is -0.0229.